The molecule has 0 radical (unpaired) electrons. The van der Waals surface area contributed by atoms with Gasteiger partial charge < -0.3 is 20.1 Å². The Labute approximate surface area is 150 Å². The molecule has 3 aliphatic rings. The summed E-state index contributed by atoms with van der Waals surface area (Å²) in [5.74, 6) is -0.160. The van der Waals surface area contributed by atoms with E-state index in [9.17, 15) is 13.6 Å². The number of hydrogen-bond acceptors (Lipinski definition) is 5. The van der Waals surface area contributed by atoms with Crippen LogP contribution in [0.3, 0.4) is 0 Å². The van der Waals surface area contributed by atoms with Gasteiger partial charge in [-0.15, -0.1) is 0 Å². The Morgan fingerprint density at radius 1 is 1.12 bits per heavy atom. The Morgan fingerprint density at radius 3 is 2.27 bits per heavy atom. The van der Waals surface area contributed by atoms with Crippen LogP contribution in [0, 0.1) is 23.5 Å². The van der Waals surface area contributed by atoms with Crippen molar-refractivity contribution in [3.63, 3.8) is 0 Å². The highest BCUT2D eigenvalue weighted by Gasteiger charge is 2.35. The number of piperidine rings is 1. The van der Waals surface area contributed by atoms with E-state index in [0.29, 0.717) is 24.9 Å². The second-order valence-electron chi connectivity index (χ2n) is 7.23. The number of nitrogens with two attached hydrogens (primary N) is 1. The summed E-state index contributed by atoms with van der Waals surface area (Å²) < 4.78 is 39.7. The molecule has 3 saturated heterocycles. The number of ether oxygens (including phenoxy) is 2. The lowest BCUT2D eigenvalue weighted by atomic mass is 9.83. The minimum absolute atomic E-state index is 0.0139. The molecule has 3 fully saturated rings. The summed E-state index contributed by atoms with van der Waals surface area (Å²) in [7, 11) is 0. The first-order chi connectivity index (χ1) is 12.6. The van der Waals surface area contributed by atoms with Crippen LogP contribution in [0.1, 0.15) is 12.8 Å². The molecule has 26 heavy (non-hydrogen) atoms. The van der Waals surface area contributed by atoms with E-state index >= 15 is 0 Å². The van der Waals surface area contributed by atoms with Crippen molar-refractivity contribution in [1.29, 1.82) is 0 Å². The Balaban J connectivity index is 1.49. The SMILES string of the molecule is NCC1CN(c2cc(F)c(N3CCC(C4COC4)CC3)c(F)c2)C(=O)O1. The molecule has 3 aliphatic heterocycles. The number of amides is 1. The zero-order valence-corrected chi connectivity index (χ0v) is 14.5. The Hall–Kier alpha value is -1.93. The van der Waals surface area contributed by atoms with E-state index < -0.39 is 23.8 Å². The van der Waals surface area contributed by atoms with Gasteiger partial charge >= 0.3 is 6.09 Å². The maximum absolute atomic E-state index is 14.7. The third-order valence-corrected chi connectivity index (χ3v) is 5.64. The van der Waals surface area contributed by atoms with E-state index in [1.165, 1.54) is 17.0 Å². The van der Waals surface area contributed by atoms with Crippen LogP contribution in [0.15, 0.2) is 12.1 Å². The minimum Gasteiger partial charge on any atom is -0.443 e. The van der Waals surface area contributed by atoms with Crippen LogP contribution in [-0.4, -0.2) is 51.6 Å². The largest absolute Gasteiger partial charge is 0.443 e. The third-order valence-electron chi connectivity index (χ3n) is 5.64. The molecular weight excluding hydrogens is 344 g/mol. The first kappa shape index (κ1) is 17.5. The molecule has 1 unspecified atom stereocenters. The van der Waals surface area contributed by atoms with Crippen molar-refractivity contribution in [2.45, 2.75) is 18.9 Å². The molecule has 6 nitrogen and oxygen atoms in total. The Morgan fingerprint density at radius 2 is 1.77 bits per heavy atom. The van der Waals surface area contributed by atoms with Gasteiger partial charge in [0.15, 0.2) is 11.6 Å². The number of hydrogen-bond donors (Lipinski definition) is 1. The molecule has 1 aromatic rings. The average molecular weight is 367 g/mol. The summed E-state index contributed by atoms with van der Waals surface area (Å²) in [5.41, 5.74) is 5.64. The first-order valence-electron chi connectivity index (χ1n) is 9.06. The molecule has 3 heterocycles. The van der Waals surface area contributed by atoms with Gasteiger partial charge in [-0.3, -0.25) is 4.90 Å². The van der Waals surface area contributed by atoms with Crippen LogP contribution in [0.2, 0.25) is 0 Å². The highest BCUT2D eigenvalue weighted by atomic mass is 19.1. The second kappa shape index (κ2) is 7.00. The monoisotopic (exact) mass is 367 g/mol. The molecule has 4 rings (SSSR count). The van der Waals surface area contributed by atoms with Crippen molar-refractivity contribution in [2.24, 2.45) is 17.6 Å². The van der Waals surface area contributed by atoms with Gasteiger partial charge in [0.1, 0.15) is 11.8 Å². The van der Waals surface area contributed by atoms with Crippen molar-refractivity contribution < 1.29 is 23.0 Å². The first-order valence-corrected chi connectivity index (χ1v) is 9.06. The topological polar surface area (TPSA) is 68.0 Å². The van der Waals surface area contributed by atoms with Crippen molar-refractivity contribution in [3.8, 4) is 0 Å². The van der Waals surface area contributed by atoms with E-state index in [1.54, 1.807) is 4.90 Å². The van der Waals surface area contributed by atoms with E-state index in [-0.39, 0.29) is 24.5 Å². The van der Waals surface area contributed by atoms with Crippen LogP contribution >= 0.6 is 0 Å². The van der Waals surface area contributed by atoms with Crippen LogP contribution in [-0.2, 0) is 9.47 Å². The Bertz CT molecular complexity index is 667. The van der Waals surface area contributed by atoms with Crippen molar-refractivity contribution in [1.82, 2.24) is 0 Å². The van der Waals surface area contributed by atoms with Crippen molar-refractivity contribution in [2.75, 3.05) is 49.2 Å². The lowest BCUT2D eigenvalue weighted by Gasteiger charge is -2.40. The molecule has 1 amide bonds. The molecule has 0 spiro atoms. The molecule has 0 aromatic heterocycles. The summed E-state index contributed by atoms with van der Waals surface area (Å²) >= 11 is 0. The van der Waals surface area contributed by atoms with Crippen molar-refractivity contribution in [3.05, 3.63) is 23.8 Å². The molecule has 1 atom stereocenters. The number of nitrogens with zero attached hydrogens (tertiary/aromatic N) is 2. The number of carbonyl (C=O) groups excluding carboxylic acids is 1. The molecule has 0 saturated carbocycles. The van der Waals surface area contributed by atoms with E-state index in [4.69, 9.17) is 15.2 Å². The van der Waals surface area contributed by atoms with E-state index in [0.717, 1.165) is 26.1 Å². The van der Waals surface area contributed by atoms with Gasteiger partial charge in [0.2, 0.25) is 0 Å². The summed E-state index contributed by atoms with van der Waals surface area (Å²) in [6, 6.07) is 2.40. The summed E-state index contributed by atoms with van der Waals surface area (Å²) in [5, 5.41) is 0. The van der Waals surface area contributed by atoms with Crippen molar-refractivity contribution >= 4 is 17.5 Å². The lowest BCUT2D eigenvalue weighted by Crippen LogP contribution is -2.42. The number of rotatable bonds is 4. The van der Waals surface area contributed by atoms with Crippen LogP contribution in [0.4, 0.5) is 25.0 Å². The smallest absolute Gasteiger partial charge is 0.414 e. The van der Waals surface area contributed by atoms with Crippen LogP contribution in [0.5, 0.6) is 0 Å². The molecule has 142 valence electrons. The lowest BCUT2D eigenvalue weighted by molar-refractivity contribution is -0.0651. The maximum atomic E-state index is 14.7. The van der Waals surface area contributed by atoms with Gasteiger partial charge in [0, 0.05) is 37.7 Å². The van der Waals surface area contributed by atoms with Gasteiger partial charge in [0.05, 0.1) is 25.4 Å². The fourth-order valence-corrected chi connectivity index (χ4v) is 3.99. The Kier molecular flexibility index (Phi) is 4.71. The number of carbonyl (C=O) groups is 1. The second-order valence-corrected chi connectivity index (χ2v) is 7.23. The molecule has 8 heteroatoms. The van der Waals surface area contributed by atoms with Gasteiger partial charge in [-0.2, -0.15) is 0 Å². The molecular formula is C18H23F2N3O3. The fourth-order valence-electron chi connectivity index (χ4n) is 3.99. The zero-order valence-electron chi connectivity index (χ0n) is 14.5. The number of anilines is 2. The van der Waals surface area contributed by atoms with E-state index in [2.05, 4.69) is 0 Å². The standard InChI is InChI=1S/C18H23F2N3O3/c19-15-5-13(23-8-14(7-21)26-18(23)24)6-16(20)17(15)22-3-1-11(2-4-22)12-9-25-10-12/h5-6,11-12,14H,1-4,7-10,21H2. The van der Waals surface area contributed by atoms with Crippen LogP contribution in [0.25, 0.3) is 0 Å². The molecule has 1 aromatic carbocycles. The average Bonchev–Trinajstić information content (AvgIpc) is 2.95. The minimum atomic E-state index is -0.658. The van der Waals surface area contributed by atoms with Gasteiger partial charge in [0.25, 0.3) is 0 Å². The highest BCUT2D eigenvalue weighted by molar-refractivity contribution is 5.90. The predicted octanol–water partition coefficient (Wildman–Crippen LogP) is 2.11. The molecule has 0 bridgehead atoms. The number of benzene rings is 1. The maximum Gasteiger partial charge on any atom is 0.414 e. The van der Waals surface area contributed by atoms with Gasteiger partial charge in [-0.05, 0) is 18.8 Å². The summed E-state index contributed by atoms with van der Waals surface area (Å²) in [6.07, 6.45) is 0.731. The zero-order chi connectivity index (χ0) is 18.3. The van der Waals surface area contributed by atoms with Crippen LogP contribution < -0.4 is 15.5 Å². The van der Waals surface area contributed by atoms with E-state index in [1.807, 2.05) is 0 Å². The molecule has 0 aliphatic carbocycles. The fraction of sp³-hybridized carbons (Fsp3) is 0.611. The van der Waals surface area contributed by atoms with Gasteiger partial charge in [-0.25, -0.2) is 13.6 Å². The quantitative estimate of drug-likeness (QED) is 0.883. The number of cyclic esters (lactones) is 1. The summed E-state index contributed by atoms with van der Waals surface area (Å²) in [4.78, 5) is 14.8. The summed E-state index contributed by atoms with van der Waals surface area (Å²) in [6.45, 7) is 3.22. The normalized spacial score (nSPS) is 24.7. The highest BCUT2D eigenvalue weighted by Crippen LogP contribution is 2.35. The predicted molar refractivity (Wildman–Crippen MR) is 92.3 cm³/mol. The van der Waals surface area contributed by atoms with Gasteiger partial charge in [-0.1, -0.05) is 0 Å². The molecule has 2 N–H and O–H groups in total. The number of halogens is 2. The third kappa shape index (κ3) is 3.12.